The summed E-state index contributed by atoms with van der Waals surface area (Å²) in [6, 6.07) is 21.1. The number of aliphatic hydroxyl groups is 1. The molecule has 2 atom stereocenters. The summed E-state index contributed by atoms with van der Waals surface area (Å²) in [4.78, 5) is 37.0. The third-order valence-corrected chi connectivity index (χ3v) is 5.69. The maximum absolute atomic E-state index is 13.3. The zero-order chi connectivity index (χ0) is 23.9. The first-order chi connectivity index (χ1) is 16.6. The van der Waals surface area contributed by atoms with Gasteiger partial charge in [0.1, 0.15) is 13.2 Å². The molecule has 1 saturated heterocycles. The van der Waals surface area contributed by atoms with Crippen LogP contribution in [-0.4, -0.2) is 58.8 Å². The van der Waals surface area contributed by atoms with E-state index in [1.807, 2.05) is 48.5 Å². The lowest BCUT2D eigenvalue weighted by atomic mass is 10.1. The molecule has 3 aromatic rings. The van der Waals surface area contributed by atoms with Crippen LogP contribution in [0.5, 0.6) is 0 Å². The molecule has 1 aromatic heterocycles. The molecule has 1 fully saturated rings. The van der Waals surface area contributed by atoms with Crippen molar-refractivity contribution < 1.29 is 19.5 Å². The molecule has 2 N–H and O–H groups in total. The van der Waals surface area contributed by atoms with Crippen molar-refractivity contribution in [2.24, 2.45) is 5.16 Å². The molecule has 2 amide bonds. The molecule has 0 aliphatic carbocycles. The molecule has 0 spiro atoms. The van der Waals surface area contributed by atoms with E-state index in [4.69, 9.17) is 4.84 Å². The molecule has 0 bridgehead atoms. The van der Waals surface area contributed by atoms with Gasteiger partial charge < -0.3 is 20.2 Å². The highest BCUT2D eigenvalue weighted by Crippen LogP contribution is 2.22. The minimum absolute atomic E-state index is 0.0386. The lowest BCUT2D eigenvalue weighted by molar-refractivity contribution is -0.125. The van der Waals surface area contributed by atoms with Crippen molar-refractivity contribution in [3.8, 4) is 11.3 Å². The highest BCUT2D eigenvalue weighted by atomic mass is 16.6. The van der Waals surface area contributed by atoms with E-state index in [9.17, 15) is 14.7 Å². The summed E-state index contributed by atoms with van der Waals surface area (Å²) in [6.45, 7) is 0.227. The van der Waals surface area contributed by atoms with Crippen LogP contribution < -0.4 is 5.32 Å². The number of aromatic nitrogens is 1. The molecular formula is C26H26N4O4. The van der Waals surface area contributed by atoms with Crippen molar-refractivity contribution in [2.45, 2.75) is 18.6 Å². The Kier molecular flexibility index (Phi) is 7.29. The summed E-state index contributed by atoms with van der Waals surface area (Å²) in [7, 11) is 1.43. The van der Waals surface area contributed by atoms with Gasteiger partial charge in [0.2, 0.25) is 5.91 Å². The fourth-order valence-corrected chi connectivity index (χ4v) is 3.94. The van der Waals surface area contributed by atoms with E-state index in [0.717, 1.165) is 11.3 Å². The van der Waals surface area contributed by atoms with Crippen LogP contribution >= 0.6 is 0 Å². The monoisotopic (exact) mass is 458 g/mol. The Labute approximate surface area is 197 Å². The number of likely N-dealkylation sites (tertiary alicyclic amines) is 1. The Morgan fingerprint density at radius 3 is 2.53 bits per heavy atom. The van der Waals surface area contributed by atoms with Gasteiger partial charge in [0.25, 0.3) is 5.91 Å². The van der Waals surface area contributed by atoms with E-state index in [0.29, 0.717) is 16.8 Å². The largest absolute Gasteiger partial charge is 0.399 e. The van der Waals surface area contributed by atoms with Crippen LogP contribution in [0.2, 0.25) is 0 Å². The number of rotatable bonds is 7. The number of pyridine rings is 1. The van der Waals surface area contributed by atoms with Gasteiger partial charge in [-0.15, -0.1) is 0 Å². The number of hydrogen-bond donors (Lipinski definition) is 2. The Bertz CT molecular complexity index is 1150. The molecule has 0 saturated carbocycles. The first-order valence-electron chi connectivity index (χ1n) is 11.0. The summed E-state index contributed by atoms with van der Waals surface area (Å²) < 4.78 is 0. The van der Waals surface area contributed by atoms with Crippen LogP contribution in [0.4, 0.5) is 0 Å². The van der Waals surface area contributed by atoms with Crippen LogP contribution in [0.1, 0.15) is 28.4 Å². The smallest absolute Gasteiger partial charge is 0.254 e. The normalized spacial score (nSPS) is 17.4. The molecule has 0 unspecified atom stereocenters. The van der Waals surface area contributed by atoms with Crippen molar-refractivity contribution in [3.63, 3.8) is 0 Å². The number of nitrogens with zero attached hydrogens (tertiary/aromatic N) is 3. The predicted molar refractivity (Wildman–Crippen MR) is 128 cm³/mol. The topological polar surface area (TPSA) is 104 Å². The van der Waals surface area contributed by atoms with Crippen LogP contribution in [-0.2, 0) is 9.63 Å². The zero-order valence-electron chi connectivity index (χ0n) is 18.8. The molecule has 1 aliphatic rings. The van der Waals surface area contributed by atoms with Crippen LogP contribution in [0.3, 0.4) is 0 Å². The third-order valence-electron chi connectivity index (χ3n) is 5.69. The van der Waals surface area contributed by atoms with E-state index in [1.165, 1.54) is 12.0 Å². The molecule has 174 valence electrons. The molecule has 2 heterocycles. The average molecular weight is 459 g/mol. The van der Waals surface area contributed by atoms with Gasteiger partial charge in [0.05, 0.1) is 24.1 Å². The van der Waals surface area contributed by atoms with E-state index in [1.54, 1.807) is 30.5 Å². The average Bonchev–Trinajstić information content (AvgIpc) is 3.32. The van der Waals surface area contributed by atoms with Crippen molar-refractivity contribution >= 4 is 17.5 Å². The number of amides is 2. The quantitative estimate of drug-likeness (QED) is 0.530. The molecule has 34 heavy (non-hydrogen) atoms. The number of carbonyl (C=O) groups is 2. The van der Waals surface area contributed by atoms with Crippen LogP contribution in [0.25, 0.3) is 11.3 Å². The highest BCUT2D eigenvalue weighted by molar-refractivity contribution is 6.05. The molecule has 8 nitrogen and oxygen atoms in total. The van der Waals surface area contributed by atoms with Crippen LogP contribution in [0, 0.1) is 0 Å². The SMILES string of the molecule is CO/N=C1/C[C@@H](C(=O)NC[C@@H](O)c2ccccc2)N(C(=O)c2ccc(-c3ccccn3)cc2)C1. The predicted octanol–water partition coefficient (Wildman–Crippen LogP) is 2.82. The number of aliphatic hydroxyl groups excluding tert-OH is 1. The minimum atomic E-state index is -0.845. The van der Waals surface area contributed by atoms with Crippen molar-refractivity contribution in [3.05, 3.63) is 90.1 Å². The summed E-state index contributed by atoms with van der Waals surface area (Å²) in [5.74, 6) is -0.632. The zero-order valence-corrected chi connectivity index (χ0v) is 18.8. The molecule has 2 aromatic carbocycles. The number of hydrogen-bond acceptors (Lipinski definition) is 6. The fraction of sp³-hybridized carbons (Fsp3) is 0.231. The standard InChI is InChI=1S/C26H26N4O4/c1-34-29-21-15-23(25(32)28-16-24(31)19-7-3-2-4-8-19)30(17-21)26(33)20-12-10-18(11-13-20)22-9-5-6-14-27-22/h2-14,23-24,31H,15-17H2,1H3,(H,28,32)/b29-21-/t23-,24+/m0/s1. The number of carbonyl (C=O) groups excluding carboxylic acids is 2. The number of benzene rings is 2. The van der Waals surface area contributed by atoms with Crippen molar-refractivity contribution in [1.82, 2.24) is 15.2 Å². The van der Waals surface area contributed by atoms with Gasteiger partial charge in [-0.1, -0.05) is 53.7 Å². The van der Waals surface area contributed by atoms with Gasteiger partial charge in [-0.2, -0.15) is 0 Å². The maximum Gasteiger partial charge on any atom is 0.254 e. The van der Waals surface area contributed by atoms with E-state index < -0.39 is 12.1 Å². The molecule has 8 heteroatoms. The summed E-state index contributed by atoms with van der Waals surface area (Å²) in [6.07, 6.45) is 1.13. The van der Waals surface area contributed by atoms with E-state index in [-0.39, 0.29) is 31.3 Å². The third kappa shape index (κ3) is 5.29. The van der Waals surface area contributed by atoms with Gasteiger partial charge in [-0.25, -0.2) is 0 Å². The van der Waals surface area contributed by atoms with E-state index in [2.05, 4.69) is 15.5 Å². The first kappa shape index (κ1) is 23.1. The second-order valence-electron chi connectivity index (χ2n) is 7.96. The Morgan fingerprint density at radius 2 is 1.85 bits per heavy atom. The summed E-state index contributed by atoms with van der Waals surface area (Å²) in [5.41, 5.74) is 3.47. The number of nitrogens with one attached hydrogen (secondary N) is 1. The maximum atomic E-state index is 13.3. The molecular weight excluding hydrogens is 432 g/mol. The second-order valence-corrected chi connectivity index (χ2v) is 7.96. The lowest BCUT2D eigenvalue weighted by Crippen LogP contribution is -2.46. The molecule has 4 rings (SSSR count). The second kappa shape index (κ2) is 10.7. The summed E-state index contributed by atoms with van der Waals surface area (Å²) >= 11 is 0. The van der Waals surface area contributed by atoms with E-state index >= 15 is 0 Å². The first-order valence-corrected chi connectivity index (χ1v) is 11.0. The Hall–Kier alpha value is -4.04. The van der Waals surface area contributed by atoms with Gasteiger partial charge in [0.15, 0.2) is 0 Å². The van der Waals surface area contributed by atoms with Gasteiger partial charge in [-0.3, -0.25) is 14.6 Å². The van der Waals surface area contributed by atoms with Crippen molar-refractivity contribution in [1.29, 1.82) is 0 Å². The summed E-state index contributed by atoms with van der Waals surface area (Å²) in [5, 5.41) is 17.1. The highest BCUT2D eigenvalue weighted by Gasteiger charge is 2.38. The Morgan fingerprint density at radius 1 is 1.12 bits per heavy atom. The number of oxime groups is 1. The minimum Gasteiger partial charge on any atom is -0.399 e. The van der Waals surface area contributed by atoms with Gasteiger partial charge in [0, 0.05) is 30.3 Å². The van der Waals surface area contributed by atoms with Gasteiger partial charge in [-0.05, 0) is 29.8 Å². The molecule has 1 aliphatic heterocycles. The van der Waals surface area contributed by atoms with Gasteiger partial charge >= 0.3 is 0 Å². The molecule has 0 radical (unpaired) electrons. The lowest BCUT2D eigenvalue weighted by Gasteiger charge is -2.24. The Balaban J connectivity index is 1.47. The van der Waals surface area contributed by atoms with Crippen LogP contribution in [0.15, 0.2) is 84.1 Å². The fourth-order valence-electron chi connectivity index (χ4n) is 3.94. The van der Waals surface area contributed by atoms with Crippen molar-refractivity contribution in [2.75, 3.05) is 20.2 Å².